The van der Waals surface area contributed by atoms with E-state index in [1.807, 2.05) is 0 Å². The number of hydrazone groups is 1. The number of carbonyl (C=O) groups excluding carboxylic acids is 2. The first-order valence-corrected chi connectivity index (χ1v) is 4.66. The molecule has 0 saturated heterocycles. The van der Waals surface area contributed by atoms with E-state index in [2.05, 4.69) is 10.5 Å². The maximum absolute atomic E-state index is 11.5. The highest BCUT2D eigenvalue weighted by Crippen LogP contribution is 2.14. The number of ketones is 1. The van der Waals surface area contributed by atoms with E-state index in [1.165, 1.54) is 26.0 Å². The first-order chi connectivity index (χ1) is 7.52. The number of amides is 1. The Morgan fingerprint density at radius 1 is 1.25 bits per heavy atom. The highest BCUT2D eigenvalue weighted by molar-refractivity contribution is 6.38. The topological polar surface area (TPSA) is 78.8 Å². The van der Waals surface area contributed by atoms with Gasteiger partial charge < -0.3 is 5.11 Å². The maximum Gasteiger partial charge on any atom is 0.275 e. The van der Waals surface area contributed by atoms with Gasteiger partial charge in [-0.15, -0.1) is 0 Å². The lowest BCUT2D eigenvalue weighted by Crippen LogP contribution is -2.21. The summed E-state index contributed by atoms with van der Waals surface area (Å²) in [5.74, 6) is -0.910. The fraction of sp³-hybridized carbons (Fsp3) is 0.182. The second-order valence-corrected chi connectivity index (χ2v) is 3.21. The van der Waals surface area contributed by atoms with Crippen molar-refractivity contribution in [1.82, 2.24) is 5.43 Å². The highest BCUT2D eigenvalue weighted by atomic mass is 16.3. The zero-order valence-electron chi connectivity index (χ0n) is 9.02. The first-order valence-electron chi connectivity index (χ1n) is 4.66. The molecule has 0 fully saturated rings. The minimum absolute atomic E-state index is 0.114. The van der Waals surface area contributed by atoms with Gasteiger partial charge in [0, 0.05) is 6.92 Å². The van der Waals surface area contributed by atoms with Gasteiger partial charge in [-0.05, 0) is 19.1 Å². The van der Waals surface area contributed by atoms with Crippen molar-refractivity contribution in [2.45, 2.75) is 13.8 Å². The SMILES string of the molecule is CC(=O)/C(C)=N\NC(=O)c1ccccc1O. The van der Waals surface area contributed by atoms with E-state index in [4.69, 9.17) is 0 Å². The Morgan fingerprint density at radius 2 is 1.88 bits per heavy atom. The Labute approximate surface area is 92.8 Å². The number of hydrogen-bond acceptors (Lipinski definition) is 4. The minimum atomic E-state index is -0.557. The van der Waals surface area contributed by atoms with Gasteiger partial charge in [0.05, 0.1) is 5.56 Å². The lowest BCUT2D eigenvalue weighted by atomic mass is 10.2. The molecule has 0 bridgehead atoms. The summed E-state index contributed by atoms with van der Waals surface area (Å²) in [4.78, 5) is 22.3. The molecular formula is C11H12N2O3. The van der Waals surface area contributed by atoms with Crippen LogP contribution in [0.1, 0.15) is 24.2 Å². The van der Waals surface area contributed by atoms with Crippen molar-refractivity contribution < 1.29 is 14.7 Å². The molecule has 0 aliphatic heterocycles. The Hall–Kier alpha value is -2.17. The van der Waals surface area contributed by atoms with E-state index in [0.29, 0.717) is 0 Å². The number of Topliss-reactive ketones (excluding diaryl/α,β-unsaturated/α-hetero) is 1. The molecule has 1 aromatic carbocycles. The summed E-state index contributed by atoms with van der Waals surface area (Å²) >= 11 is 0. The van der Waals surface area contributed by atoms with E-state index < -0.39 is 5.91 Å². The fourth-order valence-corrected chi connectivity index (χ4v) is 0.939. The summed E-state index contributed by atoms with van der Waals surface area (Å²) in [5, 5.41) is 13.0. The van der Waals surface area contributed by atoms with Crippen LogP contribution in [0.5, 0.6) is 5.75 Å². The third-order valence-corrected chi connectivity index (χ3v) is 1.98. The second-order valence-electron chi connectivity index (χ2n) is 3.21. The van der Waals surface area contributed by atoms with Crippen LogP contribution < -0.4 is 5.43 Å². The van der Waals surface area contributed by atoms with Gasteiger partial charge in [-0.2, -0.15) is 5.10 Å². The summed E-state index contributed by atoms with van der Waals surface area (Å²) in [7, 11) is 0. The van der Waals surface area contributed by atoms with Crippen molar-refractivity contribution in [2.75, 3.05) is 0 Å². The normalized spacial score (nSPS) is 11.0. The molecule has 0 atom stereocenters. The summed E-state index contributed by atoms with van der Waals surface area (Å²) in [6.45, 7) is 2.85. The van der Waals surface area contributed by atoms with E-state index in [0.717, 1.165) is 0 Å². The number of phenols is 1. The lowest BCUT2D eigenvalue weighted by Gasteiger charge is -2.02. The third-order valence-electron chi connectivity index (χ3n) is 1.98. The third kappa shape index (κ3) is 2.91. The van der Waals surface area contributed by atoms with Gasteiger partial charge in [0.1, 0.15) is 11.5 Å². The monoisotopic (exact) mass is 220 g/mol. The van der Waals surface area contributed by atoms with Crippen molar-refractivity contribution in [1.29, 1.82) is 0 Å². The van der Waals surface area contributed by atoms with Gasteiger partial charge in [0.2, 0.25) is 0 Å². The number of nitrogens with one attached hydrogen (secondary N) is 1. The van der Waals surface area contributed by atoms with Crippen LogP contribution in [0.15, 0.2) is 29.4 Å². The Balaban J connectivity index is 2.78. The quantitative estimate of drug-likeness (QED) is 0.591. The summed E-state index contributed by atoms with van der Waals surface area (Å²) in [6, 6.07) is 6.09. The molecule has 5 nitrogen and oxygen atoms in total. The van der Waals surface area contributed by atoms with Crippen LogP contribution in [0.2, 0.25) is 0 Å². The van der Waals surface area contributed by atoms with E-state index in [1.54, 1.807) is 12.1 Å². The van der Waals surface area contributed by atoms with Gasteiger partial charge in [-0.3, -0.25) is 9.59 Å². The predicted molar refractivity (Wildman–Crippen MR) is 59.4 cm³/mol. The molecule has 2 N–H and O–H groups in total. The molecule has 1 rings (SSSR count). The number of rotatable bonds is 3. The molecule has 0 heterocycles. The van der Waals surface area contributed by atoms with Gasteiger partial charge in [0.15, 0.2) is 5.78 Å². The molecule has 0 saturated carbocycles. The van der Waals surface area contributed by atoms with Gasteiger partial charge >= 0.3 is 0 Å². The number of carbonyl (C=O) groups is 2. The Bertz CT molecular complexity index is 452. The molecular weight excluding hydrogens is 208 g/mol. The van der Waals surface area contributed by atoms with Crippen LogP contribution in [-0.2, 0) is 4.79 Å². The molecule has 0 unspecified atom stereocenters. The van der Waals surface area contributed by atoms with Crippen LogP contribution in [0.25, 0.3) is 0 Å². The molecule has 0 spiro atoms. The first kappa shape index (κ1) is 11.9. The predicted octanol–water partition coefficient (Wildman–Crippen LogP) is 1.09. The van der Waals surface area contributed by atoms with E-state index >= 15 is 0 Å². The smallest absolute Gasteiger partial charge is 0.275 e. The number of phenolic OH excluding ortho intramolecular Hbond substituents is 1. The average Bonchev–Trinajstić information content (AvgIpc) is 2.25. The standard InChI is InChI=1S/C11H12N2O3/c1-7(8(2)14)12-13-11(16)9-5-3-4-6-10(9)15/h3-6,15H,1-2H3,(H,13,16)/b12-7-. The van der Waals surface area contributed by atoms with Gasteiger partial charge in [-0.1, -0.05) is 12.1 Å². The van der Waals surface area contributed by atoms with Crippen LogP contribution in [-0.4, -0.2) is 22.5 Å². The van der Waals surface area contributed by atoms with Crippen molar-refractivity contribution >= 4 is 17.4 Å². The molecule has 0 aliphatic rings. The average molecular weight is 220 g/mol. The van der Waals surface area contributed by atoms with Gasteiger partial charge in [-0.25, -0.2) is 5.43 Å². The molecule has 16 heavy (non-hydrogen) atoms. The molecule has 1 aromatic rings. The summed E-state index contributed by atoms with van der Waals surface area (Å²) < 4.78 is 0. The van der Waals surface area contributed by atoms with E-state index in [-0.39, 0.29) is 22.8 Å². The van der Waals surface area contributed by atoms with Crippen LogP contribution in [0, 0.1) is 0 Å². The highest BCUT2D eigenvalue weighted by Gasteiger charge is 2.09. The Kier molecular flexibility index (Phi) is 3.77. The van der Waals surface area contributed by atoms with Gasteiger partial charge in [0.25, 0.3) is 5.91 Å². The second kappa shape index (κ2) is 5.06. The van der Waals surface area contributed by atoms with Crippen LogP contribution in [0.4, 0.5) is 0 Å². The van der Waals surface area contributed by atoms with Crippen molar-refractivity contribution in [3.63, 3.8) is 0 Å². The van der Waals surface area contributed by atoms with Crippen LogP contribution in [0.3, 0.4) is 0 Å². The summed E-state index contributed by atoms with van der Waals surface area (Å²) in [6.07, 6.45) is 0. The largest absolute Gasteiger partial charge is 0.507 e. The molecule has 0 radical (unpaired) electrons. The molecule has 1 amide bonds. The molecule has 0 aliphatic carbocycles. The molecule has 0 aromatic heterocycles. The Morgan fingerprint density at radius 3 is 2.44 bits per heavy atom. The number of benzene rings is 1. The summed E-state index contributed by atoms with van der Waals surface area (Å²) in [5.41, 5.74) is 2.50. The van der Waals surface area contributed by atoms with Crippen molar-refractivity contribution in [3.05, 3.63) is 29.8 Å². The number of aromatic hydroxyl groups is 1. The zero-order valence-corrected chi connectivity index (χ0v) is 9.02. The molecule has 84 valence electrons. The van der Waals surface area contributed by atoms with Crippen molar-refractivity contribution in [3.8, 4) is 5.75 Å². The van der Waals surface area contributed by atoms with Crippen LogP contribution >= 0.6 is 0 Å². The minimum Gasteiger partial charge on any atom is -0.507 e. The zero-order chi connectivity index (χ0) is 12.1. The number of nitrogens with zero attached hydrogens (tertiary/aromatic N) is 1. The molecule has 5 heteroatoms. The number of para-hydroxylation sites is 1. The fourth-order valence-electron chi connectivity index (χ4n) is 0.939. The number of hydrogen-bond donors (Lipinski definition) is 2. The van der Waals surface area contributed by atoms with E-state index in [9.17, 15) is 14.7 Å². The van der Waals surface area contributed by atoms with Crippen molar-refractivity contribution in [2.24, 2.45) is 5.10 Å². The maximum atomic E-state index is 11.5. The lowest BCUT2D eigenvalue weighted by molar-refractivity contribution is -0.111.